The molecule has 0 fully saturated rings. The number of hydrogen-bond donors (Lipinski definition) is 3. The van der Waals surface area contributed by atoms with Crippen molar-refractivity contribution < 1.29 is 25.9 Å². The number of rotatable bonds is 3. The summed E-state index contributed by atoms with van der Waals surface area (Å²) in [6, 6.07) is 16.9. The fraction of sp³-hybridized carbons (Fsp3) is 0. The SMILES string of the molecule is Nc1ccc2c(S(=O)(=O)O)cccc2c1-c1cccc2c(S(=O)(=O)O)cccc12. The van der Waals surface area contributed by atoms with Crippen LogP contribution in [0.4, 0.5) is 5.69 Å². The molecule has 0 aliphatic carbocycles. The first-order valence-corrected chi connectivity index (χ1v) is 11.3. The molecule has 0 saturated carbocycles. The zero-order valence-corrected chi connectivity index (χ0v) is 16.4. The average molecular weight is 429 g/mol. The van der Waals surface area contributed by atoms with E-state index >= 15 is 0 Å². The Balaban J connectivity index is 2.17. The molecule has 0 saturated heterocycles. The van der Waals surface area contributed by atoms with E-state index in [0.717, 1.165) is 0 Å². The number of fused-ring (bicyclic) bond motifs is 2. The van der Waals surface area contributed by atoms with Crippen LogP contribution in [-0.2, 0) is 20.2 Å². The molecule has 0 heterocycles. The van der Waals surface area contributed by atoms with Gasteiger partial charge in [0.1, 0.15) is 9.79 Å². The molecule has 7 nitrogen and oxygen atoms in total. The molecule has 0 radical (unpaired) electrons. The molecule has 4 rings (SSSR count). The molecule has 0 bridgehead atoms. The average Bonchev–Trinajstić information content (AvgIpc) is 2.65. The van der Waals surface area contributed by atoms with Crippen molar-refractivity contribution in [1.82, 2.24) is 0 Å². The molecule has 0 aromatic heterocycles. The summed E-state index contributed by atoms with van der Waals surface area (Å²) in [5.74, 6) is 0. The highest BCUT2D eigenvalue weighted by Gasteiger charge is 2.20. The van der Waals surface area contributed by atoms with Crippen LogP contribution < -0.4 is 5.73 Å². The van der Waals surface area contributed by atoms with Crippen molar-refractivity contribution in [1.29, 1.82) is 0 Å². The largest absolute Gasteiger partial charge is 0.398 e. The van der Waals surface area contributed by atoms with E-state index in [1.807, 2.05) is 0 Å². The number of nitrogen functional groups attached to an aromatic ring is 1. The van der Waals surface area contributed by atoms with Crippen molar-refractivity contribution in [2.75, 3.05) is 5.73 Å². The van der Waals surface area contributed by atoms with Gasteiger partial charge in [-0.05, 0) is 34.5 Å². The fourth-order valence-electron chi connectivity index (χ4n) is 3.60. The van der Waals surface area contributed by atoms with Crippen molar-refractivity contribution in [3.63, 3.8) is 0 Å². The highest BCUT2D eigenvalue weighted by Crippen LogP contribution is 2.40. The number of anilines is 1. The molecule has 148 valence electrons. The van der Waals surface area contributed by atoms with E-state index in [-0.39, 0.29) is 15.2 Å². The number of nitrogens with two attached hydrogens (primary N) is 1. The summed E-state index contributed by atoms with van der Waals surface area (Å²) in [6.45, 7) is 0. The molecule has 4 N–H and O–H groups in total. The Labute approximate surface area is 166 Å². The monoisotopic (exact) mass is 429 g/mol. The lowest BCUT2D eigenvalue weighted by atomic mass is 9.92. The van der Waals surface area contributed by atoms with Gasteiger partial charge in [0.25, 0.3) is 20.2 Å². The van der Waals surface area contributed by atoms with Crippen molar-refractivity contribution in [2.24, 2.45) is 0 Å². The molecule has 4 aromatic carbocycles. The Morgan fingerprint density at radius 2 is 1.07 bits per heavy atom. The maximum atomic E-state index is 11.8. The van der Waals surface area contributed by atoms with Crippen molar-refractivity contribution in [3.05, 3.63) is 66.7 Å². The normalized spacial score (nSPS) is 12.5. The van der Waals surface area contributed by atoms with Gasteiger partial charge in [-0.3, -0.25) is 9.11 Å². The molecule has 0 aliphatic rings. The zero-order valence-electron chi connectivity index (χ0n) is 14.8. The van der Waals surface area contributed by atoms with Gasteiger partial charge in [-0.15, -0.1) is 0 Å². The molecule has 0 spiro atoms. The second-order valence-electron chi connectivity index (χ2n) is 6.49. The third-order valence-corrected chi connectivity index (χ3v) is 6.58. The summed E-state index contributed by atoms with van der Waals surface area (Å²) in [7, 11) is -8.91. The first kappa shape index (κ1) is 19.3. The molecular formula is C20H15NO6S2. The van der Waals surface area contributed by atoms with Crippen molar-refractivity contribution in [2.45, 2.75) is 9.79 Å². The number of hydrogen-bond acceptors (Lipinski definition) is 5. The summed E-state index contributed by atoms with van der Waals surface area (Å²) < 4.78 is 66.2. The highest BCUT2D eigenvalue weighted by atomic mass is 32.2. The second kappa shape index (κ2) is 6.53. The van der Waals surface area contributed by atoms with E-state index in [4.69, 9.17) is 5.73 Å². The van der Waals surface area contributed by atoms with Gasteiger partial charge in [0.2, 0.25) is 0 Å². The van der Waals surface area contributed by atoms with Crippen LogP contribution >= 0.6 is 0 Å². The molecule has 0 amide bonds. The van der Waals surface area contributed by atoms with Crippen LogP contribution in [0.1, 0.15) is 0 Å². The van der Waals surface area contributed by atoms with E-state index < -0.39 is 20.2 Å². The predicted molar refractivity (Wildman–Crippen MR) is 111 cm³/mol. The van der Waals surface area contributed by atoms with Crippen LogP contribution in [0.5, 0.6) is 0 Å². The Hall–Kier alpha value is -2.98. The van der Waals surface area contributed by atoms with E-state index in [1.165, 1.54) is 36.4 Å². The van der Waals surface area contributed by atoms with Crippen molar-refractivity contribution >= 4 is 47.5 Å². The third kappa shape index (κ3) is 3.23. The molecule has 0 aliphatic heterocycles. The van der Waals surface area contributed by atoms with Crippen molar-refractivity contribution in [3.8, 4) is 11.1 Å². The summed E-state index contributed by atoms with van der Waals surface area (Å²) >= 11 is 0. The predicted octanol–water partition coefficient (Wildman–Crippen LogP) is 3.74. The molecule has 0 unspecified atom stereocenters. The van der Waals surface area contributed by atoms with Gasteiger partial charge >= 0.3 is 0 Å². The Kier molecular flexibility index (Phi) is 4.35. The maximum absolute atomic E-state index is 11.8. The van der Waals surface area contributed by atoms with Gasteiger partial charge in [0, 0.05) is 22.0 Å². The van der Waals surface area contributed by atoms with Crippen LogP contribution in [-0.4, -0.2) is 25.9 Å². The standard InChI is InChI=1S/C20H15NO6S2/c21-17-11-10-14-16(7-3-9-19(14)29(25,26)27)20(17)15-6-1-5-13-12(15)4-2-8-18(13)28(22,23)24/h1-11H,21H2,(H,22,23,24)(H,25,26,27). The highest BCUT2D eigenvalue weighted by molar-refractivity contribution is 7.86. The summed E-state index contributed by atoms with van der Waals surface area (Å²) in [5.41, 5.74) is 7.61. The molecular weight excluding hydrogens is 414 g/mol. The summed E-state index contributed by atoms with van der Waals surface area (Å²) in [6.07, 6.45) is 0. The maximum Gasteiger partial charge on any atom is 0.295 e. The van der Waals surface area contributed by atoms with E-state index in [2.05, 4.69) is 0 Å². The van der Waals surface area contributed by atoms with Gasteiger partial charge in [-0.25, -0.2) is 0 Å². The van der Waals surface area contributed by atoms with E-state index in [1.54, 1.807) is 30.3 Å². The van der Waals surface area contributed by atoms with Gasteiger partial charge < -0.3 is 5.73 Å². The molecule has 0 atom stereocenters. The van der Waals surface area contributed by atoms with E-state index in [9.17, 15) is 25.9 Å². The number of benzene rings is 4. The fourth-order valence-corrected chi connectivity index (χ4v) is 5.01. The first-order valence-electron chi connectivity index (χ1n) is 8.37. The van der Waals surface area contributed by atoms with Crippen LogP contribution in [0.3, 0.4) is 0 Å². The minimum Gasteiger partial charge on any atom is -0.398 e. The Morgan fingerprint density at radius 1 is 0.586 bits per heavy atom. The zero-order chi connectivity index (χ0) is 21.0. The summed E-state index contributed by atoms with van der Waals surface area (Å²) in [4.78, 5) is -0.496. The minimum absolute atomic E-state index is 0.241. The van der Waals surface area contributed by atoms with Gasteiger partial charge in [0.15, 0.2) is 0 Å². The summed E-state index contributed by atoms with van der Waals surface area (Å²) in [5, 5.41) is 1.57. The second-order valence-corrected chi connectivity index (χ2v) is 9.27. The van der Waals surface area contributed by atoms with Gasteiger partial charge in [-0.1, -0.05) is 48.5 Å². The minimum atomic E-state index is -4.46. The third-order valence-electron chi connectivity index (χ3n) is 4.76. The molecule has 4 aromatic rings. The lowest BCUT2D eigenvalue weighted by molar-refractivity contribution is 0.482. The molecule has 9 heteroatoms. The van der Waals surface area contributed by atoms with Crippen LogP contribution in [0, 0.1) is 0 Å². The van der Waals surface area contributed by atoms with Crippen LogP contribution in [0.2, 0.25) is 0 Å². The van der Waals surface area contributed by atoms with E-state index in [0.29, 0.717) is 33.0 Å². The smallest absolute Gasteiger partial charge is 0.295 e. The Bertz CT molecular complexity index is 1510. The lowest BCUT2D eigenvalue weighted by Crippen LogP contribution is -2.01. The topological polar surface area (TPSA) is 135 Å². The lowest BCUT2D eigenvalue weighted by Gasteiger charge is -2.15. The van der Waals surface area contributed by atoms with Crippen LogP contribution in [0.25, 0.3) is 32.7 Å². The van der Waals surface area contributed by atoms with Crippen LogP contribution in [0.15, 0.2) is 76.5 Å². The van der Waals surface area contributed by atoms with Gasteiger partial charge in [0.05, 0.1) is 0 Å². The van der Waals surface area contributed by atoms with Gasteiger partial charge in [-0.2, -0.15) is 16.8 Å². The molecule has 29 heavy (non-hydrogen) atoms. The Morgan fingerprint density at radius 3 is 1.66 bits per heavy atom. The first-order chi connectivity index (χ1) is 13.6. The quantitative estimate of drug-likeness (QED) is 0.333.